The first kappa shape index (κ1) is 12.1. The van der Waals surface area contributed by atoms with Crippen molar-refractivity contribution in [2.75, 3.05) is 0 Å². The molecule has 0 unspecified atom stereocenters. The molecule has 0 spiro atoms. The lowest BCUT2D eigenvalue weighted by atomic mass is 10.3. The molecule has 0 saturated heterocycles. The summed E-state index contributed by atoms with van der Waals surface area (Å²) < 4.78 is 5.84. The maximum absolute atomic E-state index is 8.62. The SMILES string of the molecule is C[Si](C)(C)c1sc(OB(O)O)cc1Cl. The van der Waals surface area contributed by atoms with E-state index in [9.17, 15) is 0 Å². The van der Waals surface area contributed by atoms with Crippen LogP contribution in [0.5, 0.6) is 5.06 Å². The van der Waals surface area contributed by atoms with E-state index in [1.807, 2.05) is 0 Å². The summed E-state index contributed by atoms with van der Waals surface area (Å²) in [6.07, 6.45) is 0. The van der Waals surface area contributed by atoms with Gasteiger partial charge in [0.25, 0.3) is 0 Å². The largest absolute Gasteiger partial charge is 0.708 e. The predicted molar refractivity (Wildman–Crippen MR) is 63.1 cm³/mol. The molecule has 0 aliphatic heterocycles. The summed E-state index contributed by atoms with van der Waals surface area (Å²) in [6, 6.07) is 1.62. The van der Waals surface area contributed by atoms with E-state index in [1.54, 1.807) is 6.07 Å². The van der Waals surface area contributed by atoms with Gasteiger partial charge in [-0.2, -0.15) is 0 Å². The van der Waals surface area contributed by atoms with Gasteiger partial charge in [-0.3, -0.25) is 0 Å². The van der Waals surface area contributed by atoms with Crippen LogP contribution in [0.4, 0.5) is 0 Å². The molecule has 1 heterocycles. The van der Waals surface area contributed by atoms with Crippen molar-refractivity contribution in [3.63, 3.8) is 0 Å². The molecule has 0 radical (unpaired) electrons. The highest BCUT2D eigenvalue weighted by molar-refractivity contribution is 7.28. The molecule has 0 aliphatic carbocycles. The molecule has 1 rings (SSSR count). The quantitative estimate of drug-likeness (QED) is 0.795. The minimum Gasteiger partial charge on any atom is -0.504 e. The van der Waals surface area contributed by atoms with Gasteiger partial charge >= 0.3 is 7.32 Å². The molecule has 78 valence electrons. The lowest BCUT2D eigenvalue weighted by Crippen LogP contribution is -2.35. The monoisotopic (exact) mass is 250 g/mol. The van der Waals surface area contributed by atoms with Crippen LogP contribution in [0, 0.1) is 0 Å². The van der Waals surface area contributed by atoms with E-state index >= 15 is 0 Å². The normalized spacial score (nSPS) is 11.6. The Bertz CT molecular complexity index is 323. The van der Waals surface area contributed by atoms with Crippen LogP contribution in [-0.2, 0) is 0 Å². The minimum atomic E-state index is -1.78. The van der Waals surface area contributed by atoms with Gasteiger partial charge in [0.2, 0.25) is 0 Å². The van der Waals surface area contributed by atoms with Crippen LogP contribution in [0.2, 0.25) is 24.7 Å². The van der Waals surface area contributed by atoms with Crippen molar-refractivity contribution in [1.29, 1.82) is 0 Å². The standard InChI is InChI=1S/C7H12BClO3SSi/c1-14(2,3)7-5(9)4-6(13-7)12-8(10)11/h4,10-11H,1-3H3. The average Bonchev–Trinajstić information content (AvgIpc) is 2.27. The van der Waals surface area contributed by atoms with Gasteiger partial charge in [0.15, 0.2) is 5.06 Å². The summed E-state index contributed by atoms with van der Waals surface area (Å²) in [5, 5.41) is 18.3. The first-order chi connectivity index (χ1) is 6.30. The van der Waals surface area contributed by atoms with Gasteiger partial charge in [-0.25, -0.2) is 0 Å². The van der Waals surface area contributed by atoms with E-state index in [1.165, 1.54) is 11.3 Å². The molecule has 0 saturated carbocycles. The lowest BCUT2D eigenvalue weighted by molar-refractivity contribution is 0.292. The van der Waals surface area contributed by atoms with Crippen molar-refractivity contribution in [3.05, 3.63) is 11.1 Å². The Kier molecular flexibility index (Phi) is 3.65. The molecular formula is C7H12BClO3SSi. The molecule has 0 fully saturated rings. The summed E-state index contributed by atoms with van der Waals surface area (Å²) in [5.74, 6) is 0. The zero-order chi connectivity index (χ0) is 10.9. The molecule has 14 heavy (non-hydrogen) atoms. The smallest absolute Gasteiger partial charge is 0.504 e. The summed E-state index contributed by atoms with van der Waals surface area (Å²) >= 11 is 7.40. The second kappa shape index (κ2) is 4.24. The summed E-state index contributed by atoms with van der Waals surface area (Å²) in [7, 11) is -3.24. The molecule has 0 aromatic carbocycles. The van der Waals surface area contributed by atoms with Crippen LogP contribution in [0.25, 0.3) is 0 Å². The van der Waals surface area contributed by atoms with E-state index in [4.69, 9.17) is 26.3 Å². The zero-order valence-corrected chi connectivity index (χ0v) is 10.8. The topological polar surface area (TPSA) is 49.7 Å². The zero-order valence-electron chi connectivity index (χ0n) is 8.24. The van der Waals surface area contributed by atoms with Gasteiger partial charge < -0.3 is 14.7 Å². The molecule has 1 aromatic rings. The van der Waals surface area contributed by atoms with Crippen LogP contribution < -0.4 is 9.15 Å². The van der Waals surface area contributed by atoms with E-state index < -0.39 is 15.4 Å². The fourth-order valence-corrected chi connectivity index (χ4v) is 5.13. The van der Waals surface area contributed by atoms with Crippen LogP contribution in [0.1, 0.15) is 0 Å². The van der Waals surface area contributed by atoms with Gasteiger partial charge in [-0.15, -0.1) is 11.3 Å². The Hall–Kier alpha value is -0.00818. The van der Waals surface area contributed by atoms with Crippen molar-refractivity contribution in [3.8, 4) is 5.06 Å². The second-order valence-electron chi connectivity index (χ2n) is 3.94. The van der Waals surface area contributed by atoms with E-state index in [0.717, 1.165) is 4.50 Å². The first-order valence-corrected chi connectivity index (χ1v) is 8.83. The fourth-order valence-electron chi connectivity index (χ4n) is 1.02. The van der Waals surface area contributed by atoms with Crippen molar-refractivity contribution in [1.82, 2.24) is 0 Å². The van der Waals surface area contributed by atoms with Gasteiger partial charge in [-0.1, -0.05) is 31.2 Å². The van der Waals surface area contributed by atoms with Crippen LogP contribution in [0.15, 0.2) is 6.07 Å². The fraction of sp³-hybridized carbons (Fsp3) is 0.429. The Morgan fingerprint density at radius 3 is 2.36 bits per heavy atom. The van der Waals surface area contributed by atoms with Crippen LogP contribution >= 0.6 is 22.9 Å². The van der Waals surface area contributed by atoms with Crippen LogP contribution in [0.3, 0.4) is 0 Å². The molecule has 0 atom stereocenters. The van der Waals surface area contributed by atoms with E-state index in [-0.39, 0.29) is 0 Å². The third-order valence-electron chi connectivity index (χ3n) is 1.57. The number of halogens is 1. The third kappa shape index (κ3) is 3.00. The Morgan fingerprint density at radius 1 is 1.43 bits per heavy atom. The van der Waals surface area contributed by atoms with E-state index in [2.05, 4.69) is 19.6 Å². The Balaban J connectivity index is 2.94. The van der Waals surface area contributed by atoms with Gasteiger partial charge in [0.05, 0.1) is 13.1 Å². The van der Waals surface area contributed by atoms with E-state index in [0.29, 0.717) is 10.1 Å². The molecule has 0 aliphatic rings. The average molecular weight is 251 g/mol. The molecule has 3 nitrogen and oxygen atoms in total. The summed E-state index contributed by atoms with van der Waals surface area (Å²) in [4.78, 5) is 0. The molecule has 0 bridgehead atoms. The highest BCUT2D eigenvalue weighted by Crippen LogP contribution is 2.27. The summed E-state index contributed by atoms with van der Waals surface area (Å²) in [6.45, 7) is 6.51. The maximum atomic E-state index is 8.62. The van der Waals surface area contributed by atoms with Crippen molar-refractivity contribution >= 4 is 42.8 Å². The summed E-state index contributed by atoms with van der Waals surface area (Å²) in [5.41, 5.74) is 0. The second-order valence-corrected chi connectivity index (χ2v) is 10.7. The Labute approximate surface area is 93.5 Å². The highest BCUT2D eigenvalue weighted by Gasteiger charge is 2.24. The maximum Gasteiger partial charge on any atom is 0.708 e. The molecule has 1 aromatic heterocycles. The molecular weight excluding hydrogens is 238 g/mol. The van der Waals surface area contributed by atoms with Crippen LogP contribution in [-0.4, -0.2) is 25.4 Å². The highest BCUT2D eigenvalue weighted by atomic mass is 35.5. The van der Waals surface area contributed by atoms with Crippen molar-refractivity contribution in [2.24, 2.45) is 0 Å². The minimum absolute atomic E-state index is 0.447. The number of hydrogen-bond donors (Lipinski definition) is 2. The van der Waals surface area contributed by atoms with Crippen molar-refractivity contribution in [2.45, 2.75) is 19.6 Å². The number of hydrogen-bond acceptors (Lipinski definition) is 4. The molecule has 7 heteroatoms. The third-order valence-corrected chi connectivity index (χ3v) is 6.75. The molecule has 0 amide bonds. The number of thiophene rings is 1. The Morgan fingerprint density at radius 2 is 2.00 bits per heavy atom. The van der Waals surface area contributed by atoms with Crippen molar-refractivity contribution < 1.29 is 14.7 Å². The molecule has 2 N–H and O–H groups in total. The lowest BCUT2D eigenvalue weighted by Gasteiger charge is -2.13. The van der Waals surface area contributed by atoms with Gasteiger partial charge in [-0.05, 0) is 0 Å². The number of rotatable bonds is 3. The predicted octanol–water partition coefficient (Wildman–Crippen LogP) is 1.29. The first-order valence-electron chi connectivity index (χ1n) is 4.13. The van der Waals surface area contributed by atoms with Gasteiger partial charge in [0, 0.05) is 10.6 Å². The van der Waals surface area contributed by atoms with Gasteiger partial charge in [0.1, 0.15) is 0 Å².